The lowest BCUT2D eigenvalue weighted by molar-refractivity contribution is 0.466. The minimum absolute atomic E-state index is 0.0718. The van der Waals surface area contributed by atoms with E-state index in [9.17, 15) is 8.42 Å². The zero-order valence-corrected chi connectivity index (χ0v) is 13.8. The molecule has 21 heavy (non-hydrogen) atoms. The highest BCUT2D eigenvalue weighted by Gasteiger charge is 2.18. The minimum Gasteiger partial charge on any atom is -0.212 e. The molecule has 0 fully saturated rings. The molecule has 0 saturated carbocycles. The highest BCUT2D eigenvalue weighted by Crippen LogP contribution is 2.17. The summed E-state index contributed by atoms with van der Waals surface area (Å²) >= 11 is 11.7. The van der Waals surface area contributed by atoms with Gasteiger partial charge in [-0.05, 0) is 35.4 Å². The van der Waals surface area contributed by atoms with E-state index in [4.69, 9.17) is 23.2 Å². The fourth-order valence-corrected chi connectivity index (χ4v) is 3.40. The van der Waals surface area contributed by atoms with Crippen LogP contribution in [0.15, 0.2) is 48.5 Å². The molecule has 0 aliphatic heterocycles. The number of halogens is 2. The third-order valence-electron chi connectivity index (χ3n) is 3.03. The molecule has 0 atom stereocenters. The molecular weight excluding hydrogens is 329 g/mol. The summed E-state index contributed by atoms with van der Waals surface area (Å²) in [6, 6.07) is 14.0. The molecule has 0 aliphatic rings. The van der Waals surface area contributed by atoms with Crippen molar-refractivity contribution in [1.82, 2.24) is 4.31 Å². The van der Waals surface area contributed by atoms with Crippen LogP contribution in [0.25, 0.3) is 0 Å². The van der Waals surface area contributed by atoms with E-state index in [2.05, 4.69) is 0 Å². The molecule has 0 spiro atoms. The van der Waals surface area contributed by atoms with E-state index in [0.29, 0.717) is 22.2 Å². The summed E-state index contributed by atoms with van der Waals surface area (Å²) in [7, 11) is -1.83. The van der Waals surface area contributed by atoms with Crippen molar-refractivity contribution in [2.75, 3.05) is 7.05 Å². The largest absolute Gasteiger partial charge is 0.218 e. The van der Waals surface area contributed by atoms with Gasteiger partial charge < -0.3 is 0 Å². The van der Waals surface area contributed by atoms with Gasteiger partial charge in [0, 0.05) is 23.6 Å². The normalized spacial score (nSPS) is 11.8. The second-order valence-electron chi connectivity index (χ2n) is 4.77. The molecule has 3 nitrogen and oxygen atoms in total. The van der Waals surface area contributed by atoms with Crippen molar-refractivity contribution in [1.29, 1.82) is 0 Å². The average molecular weight is 344 g/mol. The van der Waals surface area contributed by atoms with Crippen molar-refractivity contribution in [2.45, 2.75) is 12.3 Å². The van der Waals surface area contributed by atoms with E-state index in [0.717, 1.165) is 5.56 Å². The predicted molar refractivity (Wildman–Crippen MR) is 87.0 cm³/mol. The Morgan fingerprint density at radius 2 is 1.62 bits per heavy atom. The van der Waals surface area contributed by atoms with Crippen LogP contribution in [0.4, 0.5) is 0 Å². The van der Waals surface area contributed by atoms with Crippen LogP contribution >= 0.6 is 23.2 Å². The summed E-state index contributed by atoms with van der Waals surface area (Å²) in [6.07, 6.45) is 0. The molecule has 0 radical (unpaired) electrons. The van der Waals surface area contributed by atoms with Gasteiger partial charge in [-0.3, -0.25) is 0 Å². The molecule has 0 amide bonds. The number of hydrogen-bond donors (Lipinski definition) is 0. The molecule has 2 aromatic rings. The first-order valence-corrected chi connectivity index (χ1v) is 8.66. The lowest BCUT2D eigenvalue weighted by atomic mass is 10.2. The molecular formula is C15H15Cl2NO2S. The maximum atomic E-state index is 12.3. The molecule has 0 aliphatic carbocycles. The zero-order valence-electron chi connectivity index (χ0n) is 11.5. The van der Waals surface area contributed by atoms with Crippen LogP contribution in [0.2, 0.25) is 10.0 Å². The highest BCUT2D eigenvalue weighted by atomic mass is 35.5. The number of rotatable bonds is 5. The lowest BCUT2D eigenvalue weighted by Gasteiger charge is -2.17. The Morgan fingerprint density at radius 3 is 2.24 bits per heavy atom. The van der Waals surface area contributed by atoms with Crippen molar-refractivity contribution in [3.05, 3.63) is 69.7 Å². The molecule has 0 unspecified atom stereocenters. The topological polar surface area (TPSA) is 37.4 Å². The van der Waals surface area contributed by atoms with Gasteiger partial charge in [0.2, 0.25) is 10.0 Å². The Balaban J connectivity index is 2.09. The van der Waals surface area contributed by atoms with Crippen molar-refractivity contribution in [2.24, 2.45) is 0 Å². The summed E-state index contributed by atoms with van der Waals surface area (Å²) in [5.74, 6) is -0.0718. The van der Waals surface area contributed by atoms with Crippen molar-refractivity contribution in [3.63, 3.8) is 0 Å². The van der Waals surface area contributed by atoms with Crippen LogP contribution in [-0.2, 0) is 22.3 Å². The predicted octanol–water partition coefficient (Wildman–Crippen LogP) is 3.96. The third kappa shape index (κ3) is 4.71. The third-order valence-corrected chi connectivity index (χ3v) is 5.30. The fraction of sp³-hybridized carbons (Fsp3) is 0.200. The highest BCUT2D eigenvalue weighted by molar-refractivity contribution is 7.88. The Labute approximate surface area is 135 Å². The summed E-state index contributed by atoms with van der Waals surface area (Å²) in [5.41, 5.74) is 1.56. The standard InChI is InChI=1S/C15H15Cl2NO2S/c1-18(10-12-5-7-14(16)8-6-12)21(19,20)11-13-3-2-4-15(17)9-13/h2-9H,10-11H2,1H3. The number of sulfonamides is 1. The second-order valence-corrected chi connectivity index (χ2v) is 7.72. The van der Waals surface area contributed by atoms with Gasteiger partial charge in [0.05, 0.1) is 5.75 Å². The van der Waals surface area contributed by atoms with Crippen LogP contribution in [0.5, 0.6) is 0 Å². The van der Waals surface area contributed by atoms with Gasteiger partial charge in [0.1, 0.15) is 0 Å². The maximum Gasteiger partial charge on any atom is 0.218 e. The molecule has 0 bridgehead atoms. The summed E-state index contributed by atoms with van der Waals surface area (Å²) < 4.78 is 26.0. The smallest absolute Gasteiger partial charge is 0.212 e. The molecule has 2 aromatic carbocycles. The first-order chi connectivity index (χ1) is 9.87. The lowest BCUT2D eigenvalue weighted by Crippen LogP contribution is -2.27. The van der Waals surface area contributed by atoms with Crippen LogP contribution in [0.1, 0.15) is 11.1 Å². The Bertz CT molecular complexity index is 715. The first-order valence-electron chi connectivity index (χ1n) is 6.30. The average Bonchev–Trinajstić information content (AvgIpc) is 2.41. The fourth-order valence-electron chi connectivity index (χ4n) is 1.89. The van der Waals surface area contributed by atoms with Gasteiger partial charge in [-0.15, -0.1) is 0 Å². The molecule has 0 aromatic heterocycles. The van der Waals surface area contributed by atoms with E-state index in [1.54, 1.807) is 43.4 Å². The van der Waals surface area contributed by atoms with Crippen molar-refractivity contribution in [3.8, 4) is 0 Å². The van der Waals surface area contributed by atoms with Crippen molar-refractivity contribution >= 4 is 33.2 Å². The van der Waals surface area contributed by atoms with E-state index in [1.807, 2.05) is 12.1 Å². The van der Waals surface area contributed by atoms with Gasteiger partial charge in [-0.1, -0.05) is 47.5 Å². The number of hydrogen-bond acceptors (Lipinski definition) is 2. The van der Waals surface area contributed by atoms with Gasteiger partial charge in [-0.25, -0.2) is 12.7 Å². The van der Waals surface area contributed by atoms with Gasteiger partial charge >= 0.3 is 0 Å². The quantitative estimate of drug-likeness (QED) is 0.823. The molecule has 0 saturated heterocycles. The zero-order chi connectivity index (χ0) is 15.5. The second kappa shape index (κ2) is 6.79. The van der Waals surface area contributed by atoms with E-state index in [1.165, 1.54) is 4.31 Å². The van der Waals surface area contributed by atoms with Crippen LogP contribution in [-0.4, -0.2) is 19.8 Å². The number of nitrogens with zero attached hydrogens (tertiary/aromatic N) is 1. The van der Waals surface area contributed by atoms with E-state index in [-0.39, 0.29) is 5.75 Å². The summed E-state index contributed by atoms with van der Waals surface area (Å²) in [4.78, 5) is 0. The molecule has 112 valence electrons. The summed E-state index contributed by atoms with van der Waals surface area (Å²) in [5, 5.41) is 1.16. The Kier molecular flexibility index (Phi) is 5.27. The molecule has 0 N–H and O–H groups in total. The summed E-state index contributed by atoms with van der Waals surface area (Å²) in [6.45, 7) is 0.306. The van der Waals surface area contributed by atoms with Gasteiger partial charge in [0.15, 0.2) is 0 Å². The Hall–Kier alpha value is -1.07. The maximum absolute atomic E-state index is 12.3. The van der Waals surface area contributed by atoms with E-state index >= 15 is 0 Å². The van der Waals surface area contributed by atoms with Gasteiger partial charge in [0.25, 0.3) is 0 Å². The Morgan fingerprint density at radius 1 is 0.952 bits per heavy atom. The van der Waals surface area contributed by atoms with Crippen LogP contribution in [0, 0.1) is 0 Å². The van der Waals surface area contributed by atoms with E-state index < -0.39 is 10.0 Å². The number of benzene rings is 2. The van der Waals surface area contributed by atoms with Crippen LogP contribution in [0.3, 0.4) is 0 Å². The van der Waals surface area contributed by atoms with Crippen molar-refractivity contribution < 1.29 is 8.42 Å². The monoisotopic (exact) mass is 343 g/mol. The molecule has 6 heteroatoms. The van der Waals surface area contributed by atoms with Gasteiger partial charge in [-0.2, -0.15) is 0 Å². The molecule has 0 heterocycles. The minimum atomic E-state index is -3.40. The molecule has 2 rings (SSSR count). The SMILES string of the molecule is CN(Cc1ccc(Cl)cc1)S(=O)(=O)Cc1cccc(Cl)c1. The van der Waals surface area contributed by atoms with Crippen LogP contribution < -0.4 is 0 Å². The first kappa shape index (κ1) is 16.3.